The first-order valence-electron chi connectivity index (χ1n) is 6.53. The third kappa shape index (κ3) is 4.40. The van der Waals surface area contributed by atoms with Gasteiger partial charge in [-0.15, -0.1) is 0 Å². The van der Waals surface area contributed by atoms with Gasteiger partial charge in [0.05, 0.1) is 0 Å². The summed E-state index contributed by atoms with van der Waals surface area (Å²) in [6.45, 7) is 0. The maximum atomic E-state index is 12.3. The lowest BCUT2D eigenvalue weighted by Gasteiger charge is -2.31. The van der Waals surface area contributed by atoms with Crippen molar-refractivity contribution in [3.63, 3.8) is 0 Å². The zero-order valence-electron chi connectivity index (χ0n) is 12.0. The molecule has 14 heteroatoms. The Hall–Kier alpha value is -1.44. The summed E-state index contributed by atoms with van der Waals surface area (Å²) in [5.41, 5.74) is -11.2. The summed E-state index contributed by atoms with van der Waals surface area (Å²) >= 11 is 0. The van der Waals surface area contributed by atoms with Gasteiger partial charge in [0.1, 0.15) is 11.5 Å². The molecule has 0 unspecified atom stereocenters. The Kier molecular flexibility index (Phi) is 4.83. The lowest BCUT2D eigenvalue weighted by atomic mass is 9.79. The first-order valence-corrected chi connectivity index (χ1v) is 9.35. The average molecular weight is 416 g/mol. The second-order valence-corrected chi connectivity index (χ2v) is 8.47. The van der Waals surface area contributed by atoms with Gasteiger partial charge in [-0.3, -0.25) is 0 Å². The van der Waals surface area contributed by atoms with Crippen molar-refractivity contribution in [1.82, 2.24) is 0 Å². The second kappa shape index (κ2) is 6.07. The Labute approximate surface area is 138 Å². The van der Waals surface area contributed by atoms with Gasteiger partial charge in [0.15, 0.2) is 0 Å². The van der Waals surface area contributed by atoms with Crippen LogP contribution in [0.1, 0.15) is 19.3 Å². The van der Waals surface area contributed by atoms with Crippen molar-refractivity contribution in [3.05, 3.63) is 23.7 Å². The molecule has 0 aromatic rings. The van der Waals surface area contributed by atoms with Gasteiger partial charge in [-0.05, 0) is 30.4 Å². The van der Waals surface area contributed by atoms with Crippen LogP contribution in [0.15, 0.2) is 23.7 Å². The van der Waals surface area contributed by atoms with E-state index < -0.39 is 54.6 Å². The van der Waals surface area contributed by atoms with Crippen LogP contribution in [0, 0.1) is 11.8 Å². The van der Waals surface area contributed by atoms with E-state index in [1.807, 2.05) is 0 Å². The maximum Gasteiger partial charge on any atom is 0.534 e. The normalized spacial score (nSPS) is 25.0. The van der Waals surface area contributed by atoms with E-state index >= 15 is 0 Å². The van der Waals surface area contributed by atoms with Gasteiger partial charge in [-0.2, -0.15) is 43.2 Å². The molecule has 0 heterocycles. The predicted molar refractivity (Wildman–Crippen MR) is 69.1 cm³/mol. The first kappa shape index (κ1) is 19.9. The van der Waals surface area contributed by atoms with Gasteiger partial charge >= 0.3 is 31.3 Å². The molecule has 2 rings (SSSR count). The molecular formula is C11H10F6O6S2. The van der Waals surface area contributed by atoms with Crippen molar-refractivity contribution in [2.24, 2.45) is 11.8 Å². The molecular weight excluding hydrogens is 406 g/mol. The summed E-state index contributed by atoms with van der Waals surface area (Å²) in [6, 6.07) is 0. The van der Waals surface area contributed by atoms with Gasteiger partial charge in [-0.25, -0.2) is 0 Å². The highest BCUT2D eigenvalue weighted by atomic mass is 32.2. The van der Waals surface area contributed by atoms with E-state index in [0.29, 0.717) is 0 Å². The van der Waals surface area contributed by atoms with Crippen molar-refractivity contribution in [3.8, 4) is 0 Å². The predicted octanol–water partition coefficient (Wildman–Crippen LogP) is 2.92. The maximum absolute atomic E-state index is 12.3. The zero-order chi connectivity index (χ0) is 19.3. The van der Waals surface area contributed by atoms with E-state index in [1.54, 1.807) is 0 Å². The summed E-state index contributed by atoms with van der Waals surface area (Å²) in [6.07, 6.45) is 1.58. The number of hydrogen-bond acceptors (Lipinski definition) is 6. The molecule has 0 aromatic heterocycles. The Balaban J connectivity index is 2.13. The van der Waals surface area contributed by atoms with Crippen molar-refractivity contribution < 1.29 is 51.5 Å². The van der Waals surface area contributed by atoms with E-state index in [-0.39, 0.29) is 19.3 Å². The largest absolute Gasteiger partial charge is 0.534 e. The van der Waals surface area contributed by atoms with E-state index in [4.69, 9.17) is 0 Å². The Morgan fingerprint density at radius 3 is 1.36 bits per heavy atom. The van der Waals surface area contributed by atoms with Crippen LogP contribution in [0.5, 0.6) is 0 Å². The standard InChI is InChI=1S/C11H10F6O6S2/c12-10(13,14)24(18,19)22-8-2-6-1-7(4-8)5-9(3-6)23-25(20,21)11(15,16)17/h2,5-7H,1,3-4H2/t6-,7+/m1/s1. The first-order chi connectivity index (χ1) is 11.1. The molecule has 0 aliphatic heterocycles. The van der Waals surface area contributed by atoms with Crippen molar-refractivity contribution in [2.75, 3.05) is 0 Å². The lowest BCUT2D eigenvalue weighted by Crippen LogP contribution is -2.29. The Morgan fingerprint density at radius 1 is 0.760 bits per heavy atom. The zero-order valence-corrected chi connectivity index (χ0v) is 13.6. The molecule has 0 N–H and O–H groups in total. The number of rotatable bonds is 4. The number of allylic oxidation sites excluding steroid dienone is 4. The molecule has 2 bridgehead atoms. The molecule has 0 saturated carbocycles. The highest BCUT2D eigenvalue weighted by Gasteiger charge is 2.50. The Morgan fingerprint density at radius 2 is 1.08 bits per heavy atom. The molecule has 144 valence electrons. The van der Waals surface area contributed by atoms with Crippen LogP contribution in [0.2, 0.25) is 0 Å². The SMILES string of the molecule is O=S(=O)(OC1=C[C@@H]2CC(OS(=O)(=O)C(F)(F)F)=C[C@H](C1)C2)C(F)(F)F. The molecule has 25 heavy (non-hydrogen) atoms. The summed E-state index contributed by atoms with van der Waals surface area (Å²) in [4.78, 5) is 0. The third-order valence-corrected chi connectivity index (χ3v) is 5.38. The Bertz CT molecular complexity index is 737. The summed E-state index contributed by atoms with van der Waals surface area (Å²) in [5, 5.41) is 0. The van der Waals surface area contributed by atoms with Crippen LogP contribution in [0.25, 0.3) is 0 Å². The van der Waals surface area contributed by atoms with Gasteiger partial charge in [0, 0.05) is 12.8 Å². The molecule has 2 aliphatic carbocycles. The van der Waals surface area contributed by atoms with E-state index in [0.717, 1.165) is 12.2 Å². The molecule has 0 radical (unpaired) electrons. The molecule has 0 fully saturated rings. The topological polar surface area (TPSA) is 86.7 Å². The van der Waals surface area contributed by atoms with Gasteiger partial charge < -0.3 is 8.37 Å². The number of fused-ring (bicyclic) bond motifs is 2. The number of hydrogen-bond donors (Lipinski definition) is 0. The molecule has 2 atom stereocenters. The van der Waals surface area contributed by atoms with E-state index in [9.17, 15) is 43.2 Å². The molecule has 0 amide bonds. The van der Waals surface area contributed by atoms with Crippen molar-refractivity contribution >= 4 is 20.2 Å². The van der Waals surface area contributed by atoms with Crippen molar-refractivity contribution in [1.29, 1.82) is 0 Å². The number of alkyl halides is 6. The molecule has 2 aliphatic rings. The van der Waals surface area contributed by atoms with Gasteiger partial charge in [0.25, 0.3) is 0 Å². The second-order valence-electron chi connectivity index (χ2n) is 5.40. The molecule has 0 aromatic carbocycles. The molecule has 6 nitrogen and oxygen atoms in total. The van der Waals surface area contributed by atoms with Crippen LogP contribution in [0.4, 0.5) is 26.3 Å². The van der Waals surface area contributed by atoms with Crippen molar-refractivity contribution in [2.45, 2.75) is 30.3 Å². The summed E-state index contributed by atoms with van der Waals surface area (Å²) in [5.74, 6) is -2.46. The fourth-order valence-corrected chi connectivity index (χ4v) is 3.49. The third-order valence-electron chi connectivity index (χ3n) is 3.38. The smallest absolute Gasteiger partial charge is 0.381 e. The number of halogens is 6. The van der Waals surface area contributed by atoms with Crippen LogP contribution >= 0.6 is 0 Å². The van der Waals surface area contributed by atoms with Crippen LogP contribution in [0.3, 0.4) is 0 Å². The monoisotopic (exact) mass is 416 g/mol. The van der Waals surface area contributed by atoms with E-state index in [1.165, 1.54) is 0 Å². The highest BCUT2D eigenvalue weighted by molar-refractivity contribution is 7.88. The quantitative estimate of drug-likeness (QED) is 0.398. The lowest BCUT2D eigenvalue weighted by molar-refractivity contribution is -0.0526. The summed E-state index contributed by atoms with van der Waals surface area (Å²) < 4.78 is 126. The minimum atomic E-state index is -5.85. The fraction of sp³-hybridized carbons (Fsp3) is 0.636. The van der Waals surface area contributed by atoms with Gasteiger partial charge in [0.2, 0.25) is 0 Å². The highest BCUT2D eigenvalue weighted by Crippen LogP contribution is 2.41. The van der Waals surface area contributed by atoms with Gasteiger partial charge in [-0.1, -0.05) is 0 Å². The van der Waals surface area contributed by atoms with Crippen LogP contribution in [-0.4, -0.2) is 27.9 Å². The molecule has 0 spiro atoms. The minimum absolute atomic E-state index is 0.276. The van der Waals surface area contributed by atoms with Crippen LogP contribution < -0.4 is 0 Å². The fourth-order valence-electron chi connectivity index (χ4n) is 2.49. The minimum Gasteiger partial charge on any atom is -0.381 e. The average Bonchev–Trinajstić information content (AvgIpc) is 2.33. The van der Waals surface area contributed by atoms with E-state index in [2.05, 4.69) is 8.37 Å². The molecule has 0 saturated heterocycles. The van der Waals surface area contributed by atoms with Crippen LogP contribution in [-0.2, 0) is 28.6 Å². The summed E-state index contributed by atoms with van der Waals surface area (Å²) in [7, 11) is -11.7.